The lowest BCUT2D eigenvalue weighted by molar-refractivity contribution is -0.139. The highest BCUT2D eigenvalue weighted by molar-refractivity contribution is 5.77. The summed E-state index contributed by atoms with van der Waals surface area (Å²) < 4.78 is 38.9. The highest BCUT2D eigenvalue weighted by Crippen LogP contribution is 2.36. The molecule has 0 saturated carbocycles. The quantitative estimate of drug-likeness (QED) is 0.886. The Morgan fingerprint density at radius 1 is 1.16 bits per heavy atom. The van der Waals surface area contributed by atoms with Gasteiger partial charge in [-0.15, -0.1) is 0 Å². The molecule has 0 radical (unpaired) electrons. The van der Waals surface area contributed by atoms with Crippen LogP contribution in [0.3, 0.4) is 0 Å². The second kappa shape index (κ2) is 5.63. The SMILES string of the molecule is CCCC(=O)NC(C)(C)c1ccccc1C(F)(F)F. The van der Waals surface area contributed by atoms with Crippen molar-refractivity contribution >= 4 is 5.91 Å². The molecule has 0 saturated heterocycles. The first-order valence-electron chi connectivity index (χ1n) is 6.16. The molecule has 1 rings (SSSR count). The van der Waals surface area contributed by atoms with Gasteiger partial charge in [-0.3, -0.25) is 4.79 Å². The second-order valence-corrected chi connectivity index (χ2v) is 4.97. The molecule has 0 bridgehead atoms. The van der Waals surface area contributed by atoms with Crippen molar-refractivity contribution in [3.63, 3.8) is 0 Å². The van der Waals surface area contributed by atoms with Gasteiger partial charge in [-0.05, 0) is 31.9 Å². The highest BCUT2D eigenvalue weighted by Gasteiger charge is 2.37. The number of rotatable bonds is 4. The van der Waals surface area contributed by atoms with Gasteiger partial charge in [0.05, 0.1) is 11.1 Å². The van der Waals surface area contributed by atoms with E-state index in [4.69, 9.17) is 0 Å². The van der Waals surface area contributed by atoms with Gasteiger partial charge in [0.25, 0.3) is 0 Å². The zero-order valence-electron chi connectivity index (χ0n) is 11.3. The minimum atomic E-state index is -4.43. The number of amides is 1. The monoisotopic (exact) mass is 273 g/mol. The fourth-order valence-electron chi connectivity index (χ4n) is 1.98. The second-order valence-electron chi connectivity index (χ2n) is 4.97. The summed E-state index contributed by atoms with van der Waals surface area (Å²) in [6.45, 7) is 4.99. The summed E-state index contributed by atoms with van der Waals surface area (Å²) in [5.41, 5.74) is -1.69. The Morgan fingerprint density at radius 2 is 1.68 bits per heavy atom. The Kier molecular flexibility index (Phi) is 4.61. The summed E-state index contributed by atoms with van der Waals surface area (Å²) in [6.07, 6.45) is -3.47. The average molecular weight is 273 g/mol. The molecule has 1 aromatic carbocycles. The normalized spacial score (nSPS) is 12.3. The lowest BCUT2D eigenvalue weighted by Gasteiger charge is -2.29. The van der Waals surface area contributed by atoms with E-state index < -0.39 is 17.3 Å². The van der Waals surface area contributed by atoms with E-state index in [0.29, 0.717) is 12.8 Å². The minimum absolute atomic E-state index is 0.0759. The van der Waals surface area contributed by atoms with E-state index in [1.165, 1.54) is 18.2 Å². The van der Waals surface area contributed by atoms with E-state index in [-0.39, 0.29) is 11.5 Å². The van der Waals surface area contributed by atoms with Crippen molar-refractivity contribution < 1.29 is 18.0 Å². The van der Waals surface area contributed by atoms with Gasteiger partial charge in [0.2, 0.25) is 5.91 Å². The van der Waals surface area contributed by atoms with Crippen LogP contribution in [0.4, 0.5) is 13.2 Å². The molecule has 0 aliphatic carbocycles. The predicted octanol–water partition coefficient (Wildman–Crippen LogP) is 3.86. The van der Waals surface area contributed by atoms with Crippen molar-refractivity contribution in [1.29, 1.82) is 0 Å². The fourth-order valence-corrected chi connectivity index (χ4v) is 1.98. The smallest absolute Gasteiger partial charge is 0.347 e. The summed E-state index contributed by atoms with van der Waals surface area (Å²) in [5.74, 6) is -0.246. The standard InChI is InChI=1S/C14H18F3NO/c1-4-7-12(19)18-13(2,3)10-8-5-6-9-11(10)14(15,16)17/h5-6,8-9H,4,7H2,1-3H3,(H,18,19). The fraction of sp³-hybridized carbons (Fsp3) is 0.500. The van der Waals surface area contributed by atoms with Gasteiger partial charge in [0.15, 0.2) is 0 Å². The van der Waals surface area contributed by atoms with E-state index in [9.17, 15) is 18.0 Å². The summed E-state index contributed by atoms with van der Waals surface area (Å²) in [5, 5.41) is 2.65. The maximum Gasteiger partial charge on any atom is 0.416 e. The van der Waals surface area contributed by atoms with Crippen LogP contribution in [0.1, 0.15) is 44.7 Å². The number of hydrogen-bond donors (Lipinski definition) is 1. The van der Waals surface area contributed by atoms with Crippen molar-refractivity contribution in [2.75, 3.05) is 0 Å². The van der Waals surface area contributed by atoms with Crippen LogP contribution in [0.15, 0.2) is 24.3 Å². The largest absolute Gasteiger partial charge is 0.416 e. The maximum atomic E-state index is 13.0. The molecule has 0 unspecified atom stereocenters. The number of nitrogens with one attached hydrogen (secondary N) is 1. The minimum Gasteiger partial charge on any atom is -0.347 e. The molecular weight excluding hydrogens is 255 g/mol. The van der Waals surface area contributed by atoms with Crippen LogP contribution in [0.5, 0.6) is 0 Å². The molecule has 0 heterocycles. The number of benzene rings is 1. The molecule has 0 aromatic heterocycles. The molecule has 2 nitrogen and oxygen atoms in total. The van der Waals surface area contributed by atoms with Crippen molar-refractivity contribution in [3.8, 4) is 0 Å². The van der Waals surface area contributed by atoms with Crippen LogP contribution in [-0.2, 0) is 16.5 Å². The Balaban J connectivity index is 3.11. The van der Waals surface area contributed by atoms with Crippen molar-refractivity contribution in [2.45, 2.75) is 45.3 Å². The van der Waals surface area contributed by atoms with Crippen molar-refractivity contribution in [2.24, 2.45) is 0 Å². The van der Waals surface area contributed by atoms with E-state index in [0.717, 1.165) is 6.07 Å². The van der Waals surface area contributed by atoms with E-state index in [1.54, 1.807) is 13.8 Å². The van der Waals surface area contributed by atoms with Gasteiger partial charge in [-0.2, -0.15) is 13.2 Å². The Bertz CT molecular complexity index is 452. The van der Waals surface area contributed by atoms with Crippen molar-refractivity contribution in [1.82, 2.24) is 5.32 Å². The molecule has 0 atom stereocenters. The first-order valence-corrected chi connectivity index (χ1v) is 6.16. The molecule has 5 heteroatoms. The van der Waals surface area contributed by atoms with Gasteiger partial charge in [0, 0.05) is 6.42 Å². The molecule has 106 valence electrons. The lowest BCUT2D eigenvalue weighted by Crippen LogP contribution is -2.42. The molecule has 19 heavy (non-hydrogen) atoms. The number of carbonyl (C=O) groups excluding carboxylic acids is 1. The zero-order chi connectivity index (χ0) is 14.7. The summed E-state index contributed by atoms with van der Waals surface area (Å²) in [7, 11) is 0. The van der Waals surface area contributed by atoms with Gasteiger partial charge in [0.1, 0.15) is 0 Å². The highest BCUT2D eigenvalue weighted by atomic mass is 19.4. The summed E-state index contributed by atoms with van der Waals surface area (Å²) in [4.78, 5) is 11.6. The van der Waals surface area contributed by atoms with Crippen LogP contribution in [0.25, 0.3) is 0 Å². The topological polar surface area (TPSA) is 29.1 Å². The van der Waals surface area contributed by atoms with Gasteiger partial charge in [-0.25, -0.2) is 0 Å². The predicted molar refractivity (Wildman–Crippen MR) is 67.5 cm³/mol. The third-order valence-electron chi connectivity index (χ3n) is 2.83. The first-order chi connectivity index (χ1) is 8.68. The molecule has 1 amide bonds. The van der Waals surface area contributed by atoms with E-state index in [2.05, 4.69) is 5.32 Å². The molecule has 0 aliphatic rings. The van der Waals surface area contributed by atoms with Gasteiger partial charge in [-0.1, -0.05) is 25.1 Å². The molecule has 1 aromatic rings. The third-order valence-corrected chi connectivity index (χ3v) is 2.83. The number of hydrogen-bond acceptors (Lipinski definition) is 1. The molecule has 0 spiro atoms. The van der Waals surface area contributed by atoms with Crippen molar-refractivity contribution in [3.05, 3.63) is 35.4 Å². The Hall–Kier alpha value is -1.52. The Morgan fingerprint density at radius 3 is 2.16 bits per heavy atom. The van der Waals surface area contributed by atoms with Crippen LogP contribution in [0.2, 0.25) is 0 Å². The maximum absolute atomic E-state index is 13.0. The summed E-state index contributed by atoms with van der Waals surface area (Å²) in [6, 6.07) is 5.31. The number of carbonyl (C=O) groups is 1. The average Bonchev–Trinajstić information content (AvgIpc) is 2.27. The van der Waals surface area contributed by atoms with Crippen LogP contribution in [0, 0.1) is 0 Å². The molecular formula is C14H18F3NO. The zero-order valence-corrected chi connectivity index (χ0v) is 11.3. The van der Waals surface area contributed by atoms with Gasteiger partial charge < -0.3 is 5.32 Å². The number of alkyl halides is 3. The molecule has 0 fully saturated rings. The van der Waals surface area contributed by atoms with E-state index in [1.807, 2.05) is 6.92 Å². The van der Waals surface area contributed by atoms with Crippen LogP contribution >= 0.6 is 0 Å². The molecule has 0 aliphatic heterocycles. The first kappa shape index (κ1) is 15.5. The van der Waals surface area contributed by atoms with Crippen LogP contribution in [-0.4, -0.2) is 5.91 Å². The summed E-state index contributed by atoms with van der Waals surface area (Å²) >= 11 is 0. The Labute approximate surface area is 111 Å². The van der Waals surface area contributed by atoms with Gasteiger partial charge >= 0.3 is 6.18 Å². The van der Waals surface area contributed by atoms with Crippen LogP contribution < -0.4 is 5.32 Å². The third kappa shape index (κ3) is 3.98. The molecule has 1 N–H and O–H groups in total. The number of halogens is 3. The lowest BCUT2D eigenvalue weighted by atomic mass is 9.89. The van der Waals surface area contributed by atoms with E-state index >= 15 is 0 Å².